The van der Waals surface area contributed by atoms with Gasteiger partial charge in [0.1, 0.15) is 12.4 Å². The first-order valence-electron chi connectivity index (χ1n) is 10.4. The fourth-order valence-corrected chi connectivity index (χ4v) is 3.13. The minimum Gasteiger partial charge on any atom is -0.460 e. The molecule has 1 heterocycles. The van der Waals surface area contributed by atoms with E-state index in [1.165, 1.54) is 24.3 Å². The topological polar surface area (TPSA) is 78.3 Å². The Labute approximate surface area is 190 Å². The highest BCUT2D eigenvalue weighted by atomic mass is 19.1. The molecule has 33 heavy (non-hydrogen) atoms. The number of amides is 1. The number of carbonyl (C=O) groups excluding carboxylic acids is 1. The fraction of sp³-hybridized carbons (Fsp3) is 0.160. The summed E-state index contributed by atoms with van der Waals surface area (Å²) >= 11 is 0. The number of aromatic nitrogens is 3. The molecule has 0 radical (unpaired) electrons. The molecular formula is C25H23FN4O3. The highest BCUT2D eigenvalue weighted by Gasteiger charge is 2.15. The molecule has 8 heteroatoms. The van der Waals surface area contributed by atoms with Gasteiger partial charge in [-0.05, 0) is 55.5 Å². The van der Waals surface area contributed by atoms with Gasteiger partial charge in [-0.15, -0.1) is 5.10 Å². The minimum atomic E-state index is -0.390. The van der Waals surface area contributed by atoms with Crippen molar-refractivity contribution in [3.63, 3.8) is 0 Å². The number of methoxy groups -OCH3 is 1. The molecule has 0 saturated carbocycles. The Bertz CT molecular complexity index is 1220. The molecule has 1 amide bonds. The van der Waals surface area contributed by atoms with Gasteiger partial charge in [-0.1, -0.05) is 29.8 Å². The summed E-state index contributed by atoms with van der Waals surface area (Å²) in [6.07, 6.45) is 0. The Kier molecular flexibility index (Phi) is 6.75. The minimum absolute atomic E-state index is 0.247. The fourth-order valence-electron chi connectivity index (χ4n) is 3.13. The van der Waals surface area contributed by atoms with E-state index in [9.17, 15) is 9.18 Å². The summed E-state index contributed by atoms with van der Waals surface area (Å²) in [4.78, 5) is 16.9. The molecule has 0 aliphatic carbocycles. The summed E-state index contributed by atoms with van der Waals surface area (Å²) in [5, 5.41) is 7.31. The first-order chi connectivity index (χ1) is 16.0. The van der Waals surface area contributed by atoms with Crippen LogP contribution in [0.1, 0.15) is 15.9 Å². The van der Waals surface area contributed by atoms with Crippen LogP contribution in [-0.4, -0.2) is 41.0 Å². The zero-order valence-corrected chi connectivity index (χ0v) is 18.3. The molecule has 7 nitrogen and oxygen atoms in total. The van der Waals surface area contributed by atoms with Gasteiger partial charge >= 0.3 is 6.01 Å². The second-order valence-electron chi connectivity index (χ2n) is 7.34. The molecule has 3 aromatic carbocycles. The molecule has 1 N–H and O–H groups in total. The molecule has 0 fully saturated rings. The van der Waals surface area contributed by atoms with E-state index in [0.717, 1.165) is 16.8 Å². The number of nitrogens with zero attached hydrogens (tertiary/aromatic N) is 3. The number of benzene rings is 3. The lowest BCUT2D eigenvalue weighted by atomic mass is 10.1. The summed E-state index contributed by atoms with van der Waals surface area (Å²) in [5.74, 6) is -0.0816. The van der Waals surface area contributed by atoms with E-state index in [1.807, 2.05) is 43.3 Å². The molecular weight excluding hydrogens is 423 g/mol. The lowest BCUT2D eigenvalue weighted by molar-refractivity contribution is 0.102. The van der Waals surface area contributed by atoms with Gasteiger partial charge < -0.3 is 14.8 Å². The predicted molar refractivity (Wildman–Crippen MR) is 123 cm³/mol. The molecule has 0 saturated heterocycles. The van der Waals surface area contributed by atoms with E-state index >= 15 is 0 Å². The van der Waals surface area contributed by atoms with Gasteiger partial charge in [0.2, 0.25) is 0 Å². The van der Waals surface area contributed by atoms with Crippen LogP contribution in [0.5, 0.6) is 6.01 Å². The maximum atomic E-state index is 13.1. The first-order valence-corrected chi connectivity index (χ1v) is 10.4. The monoisotopic (exact) mass is 446 g/mol. The molecule has 4 rings (SSSR count). The Morgan fingerprint density at radius 1 is 0.970 bits per heavy atom. The number of anilines is 1. The number of hydrogen-bond donors (Lipinski definition) is 1. The second-order valence-corrected chi connectivity index (χ2v) is 7.34. The van der Waals surface area contributed by atoms with Gasteiger partial charge in [0, 0.05) is 23.9 Å². The van der Waals surface area contributed by atoms with E-state index < -0.39 is 5.82 Å². The Morgan fingerprint density at radius 2 is 1.67 bits per heavy atom. The van der Waals surface area contributed by atoms with Crippen LogP contribution in [0.2, 0.25) is 0 Å². The molecule has 168 valence electrons. The van der Waals surface area contributed by atoms with E-state index in [1.54, 1.807) is 23.9 Å². The third kappa shape index (κ3) is 5.42. The van der Waals surface area contributed by atoms with Crippen molar-refractivity contribution < 1.29 is 18.7 Å². The van der Waals surface area contributed by atoms with Crippen molar-refractivity contribution in [1.29, 1.82) is 0 Å². The lowest BCUT2D eigenvalue weighted by Crippen LogP contribution is -2.12. The first kappa shape index (κ1) is 22.2. The van der Waals surface area contributed by atoms with Crippen molar-refractivity contribution in [2.45, 2.75) is 6.92 Å². The Hall–Kier alpha value is -4.04. The zero-order chi connectivity index (χ0) is 23.2. The number of hydrogen-bond acceptors (Lipinski definition) is 5. The molecule has 0 bridgehead atoms. The molecule has 0 aliphatic heterocycles. The van der Waals surface area contributed by atoms with Crippen molar-refractivity contribution in [2.24, 2.45) is 0 Å². The number of carbonyl (C=O) groups is 1. The van der Waals surface area contributed by atoms with E-state index in [-0.39, 0.29) is 11.9 Å². The number of rotatable bonds is 8. The second kappa shape index (κ2) is 10.1. The third-order valence-electron chi connectivity index (χ3n) is 4.89. The van der Waals surface area contributed by atoms with Crippen molar-refractivity contribution in [3.8, 4) is 23.1 Å². The van der Waals surface area contributed by atoms with Crippen LogP contribution >= 0.6 is 0 Å². The zero-order valence-electron chi connectivity index (χ0n) is 18.3. The van der Waals surface area contributed by atoms with E-state index in [2.05, 4.69) is 15.4 Å². The smallest absolute Gasteiger partial charge is 0.336 e. The van der Waals surface area contributed by atoms with Crippen LogP contribution in [-0.2, 0) is 4.74 Å². The maximum absolute atomic E-state index is 13.1. The van der Waals surface area contributed by atoms with Crippen LogP contribution in [0.25, 0.3) is 17.1 Å². The Balaban J connectivity index is 1.58. The predicted octanol–water partition coefficient (Wildman–Crippen LogP) is 4.66. The summed E-state index contributed by atoms with van der Waals surface area (Å²) in [5.41, 5.74) is 3.75. The molecule has 0 unspecified atom stereocenters. The maximum Gasteiger partial charge on any atom is 0.336 e. The van der Waals surface area contributed by atoms with E-state index in [4.69, 9.17) is 9.47 Å². The van der Waals surface area contributed by atoms with Crippen molar-refractivity contribution >= 4 is 11.6 Å². The third-order valence-corrected chi connectivity index (χ3v) is 4.89. The molecule has 1 aromatic heterocycles. The Morgan fingerprint density at radius 3 is 2.33 bits per heavy atom. The van der Waals surface area contributed by atoms with Gasteiger partial charge in [-0.3, -0.25) is 4.79 Å². The highest BCUT2D eigenvalue weighted by Crippen LogP contribution is 2.25. The number of aryl methyl sites for hydroxylation is 1. The lowest BCUT2D eigenvalue weighted by Gasteiger charge is -2.09. The average molecular weight is 446 g/mol. The average Bonchev–Trinajstić information content (AvgIpc) is 3.25. The van der Waals surface area contributed by atoms with E-state index in [0.29, 0.717) is 30.3 Å². The number of ether oxygens (including phenoxy) is 2. The van der Waals surface area contributed by atoms with Crippen LogP contribution in [0.4, 0.5) is 10.1 Å². The molecule has 4 aromatic rings. The largest absolute Gasteiger partial charge is 0.460 e. The summed E-state index contributed by atoms with van der Waals surface area (Å²) < 4.78 is 25.4. The summed E-state index contributed by atoms with van der Waals surface area (Å²) in [7, 11) is 1.60. The van der Waals surface area contributed by atoms with Crippen molar-refractivity contribution in [3.05, 3.63) is 89.7 Å². The van der Waals surface area contributed by atoms with Gasteiger partial charge in [0.15, 0.2) is 5.82 Å². The summed E-state index contributed by atoms with van der Waals surface area (Å²) in [6.45, 7) is 2.78. The molecule has 0 atom stereocenters. The van der Waals surface area contributed by atoms with Crippen LogP contribution in [0, 0.1) is 12.7 Å². The normalized spacial score (nSPS) is 10.8. The van der Waals surface area contributed by atoms with Crippen molar-refractivity contribution in [1.82, 2.24) is 14.8 Å². The quantitative estimate of drug-likeness (QED) is 0.398. The molecule has 0 spiro atoms. The van der Waals surface area contributed by atoms with Gasteiger partial charge in [-0.2, -0.15) is 4.98 Å². The van der Waals surface area contributed by atoms with Crippen LogP contribution in [0.3, 0.4) is 0 Å². The molecule has 0 aliphatic rings. The van der Waals surface area contributed by atoms with Gasteiger partial charge in [0.05, 0.1) is 12.3 Å². The highest BCUT2D eigenvalue weighted by molar-refractivity contribution is 6.04. The SMILES string of the molecule is COCCOc1nc(-c2ccc(C)cc2)n(-c2ccc(NC(=O)c3ccc(F)cc3)cc2)n1. The van der Waals surface area contributed by atoms with Crippen molar-refractivity contribution in [2.75, 3.05) is 25.6 Å². The van der Waals surface area contributed by atoms with Gasteiger partial charge in [-0.25, -0.2) is 9.07 Å². The van der Waals surface area contributed by atoms with Gasteiger partial charge in [0.25, 0.3) is 5.91 Å². The van der Waals surface area contributed by atoms with Crippen LogP contribution in [0.15, 0.2) is 72.8 Å². The number of halogens is 1. The number of nitrogens with one attached hydrogen (secondary N) is 1. The van der Waals surface area contributed by atoms with Crippen LogP contribution < -0.4 is 10.1 Å². The summed E-state index contributed by atoms with van der Waals surface area (Å²) in [6, 6.07) is 20.8. The standard InChI is InChI=1S/C25H23FN4O3/c1-17-3-5-18(6-4-17)23-28-25(33-16-15-32-2)29-30(23)22-13-11-21(12-14-22)27-24(31)19-7-9-20(26)10-8-19/h3-14H,15-16H2,1-2H3,(H,27,31).